The second kappa shape index (κ2) is 11.5. The van der Waals surface area contributed by atoms with Crippen LogP contribution in [0, 0.1) is 0 Å². The van der Waals surface area contributed by atoms with Gasteiger partial charge in [-0.3, -0.25) is 9.52 Å². The molecule has 0 unspecified atom stereocenters. The minimum Gasteiger partial charge on any atom is -0.494 e. The number of nitrogens with one attached hydrogen (secondary N) is 2. The van der Waals surface area contributed by atoms with Gasteiger partial charge >= 0.3 is 0 Å². The summed E-state index contributed by atoms with van der Waals surface area (Å²) in [5.41, 5.74) is 1.17. The molecule has 170 valence electrons. The molecule has 8 nitrogen and oxygen atoms in total. The van der Waals surface area contributed by atoms with Crippen LogP contribution in [0.5, 0.6) is 17.2 Å². The van der Waals surface area contributed by atoms with Crippen LogP contribution in [-0.2, 0) is 10.0 Å². The molecule has 0 aliphatic heterocycles. The Kier molecular flexibility index (Phi) is 8.99. The maximum Gasteiger partial charge on any atom is 0.255 e. The Balaban J connectivity index is 2.21. The molecule has 2 N–H and O–H groups in total. The number of amides is 1. The average Bonchev–Trinajstić information content (AvgIpc) is 2.77. The van der Waals surface area contributed by atoms with E-state index < -0.39 is 10.0 Å². The Morgan fingerprint density at radius 1 is 0.903 bits per heavy atom. The van der Waals surface area contributed by atoms with Crippen LogP contribution in [0.3, 0.4) is 0 Å². The van der Waals surface area contributed by atoms with Crippen molar-refractivity contribution in [3.63, 3.8) is 0 Å². The number of anilines is 2. The molecule has 0 spiro atoms. The standard InChI is InChI=1S/C22H30N2O6S/c1-5-12-29-19-11-8-16(14-21(19)30-13-6-2)22(25)23-17-9-10-18(20(15-17)28-4)24-31(26,27)7-3/h8-11,14-15,24H,5-7,12-13H2,1-4H3,(H,23,25). The van der Waals surface area contributed by atoms with Gasteiger partial charge in [0.2, 0.25) is 10.0 Å². The first-order valence-electron chi connectivity index (χ1n) is 10.2. The minimum atomic E-state index is -3.45. The summed E-state index contributed by atoms with van der Waals surface area (Å²) in [5.74, 6) is 1.01. The Morgan fingerprint density at radius 2 is 1.58 bits per heavy atom. The maximum atomic E-state index is 12.8. The normalized spacial score (nSPS) is 11.0. The van der Waals surface area contributed by atoms with Crippen LogP contribution < -0.4 is 24.2 Å². The highest BCUT2D eigenvalue weighted by Crippen LogP contribution is 2.31. The van der Waals surface area contributed by atoms with E-state index in [1.807, 2.05) is 13.8 Å². The van der Waals surface area contributed by atoms with E-state index in [1.165, 1.54) is 7.11 Å². The summed E-state index contributed by atoms with van der Waals surface area (Å²) in [5, 5.41) is 2.79. The molecule has 9 heteroatoms. The molecule has 0 atom stereocenters. The molecule has 0 fully saturated rings. The predicted octanol–water partition coefficient (Wildman–Crippen LogP) is 4.29. The van der Waals surface area contributed by atoms with Gasteiger partial charge in [0, 0.05) is 17.3 Å². The molecule has 2 aromatic rings. The molecule has 2 rings (SSSR count). The van der Waals surface area contributed by atoms with Gasteiger partial charge in [-0.05, 0) is 50.1 Å². The summed E-state index contributed by atoms with van der Waals surface area (Å²) in [7, 11) is -2.02. The van der Waals surface area contributed by atoms with Gasteiger partial charge in [0.1, 0.15) is 5.75 Å². The second-order valence-electron chi connectivity index (χ2n) is 6.73. The zero-order valence-electron chi connectivity index (χ0n) is 18.4. The molecule has 0 bridgehead atoms. The van der Waals surface area contributed by atoms with Gasteiger partial charge in [-0.2, -0.15) is 0 Å². The Bertz CT molecular complexity index is 991. The lowest BCUT2D eigenvalue weighted by Crippen LogP contribution is -2.16. The number of rotatable bonds is 12. The van der Waals surface area contributed by atoms with Crippen molar-refractivity contribution in [2.24, 2.45) is 0 Å². The van der Waals surface area contributed by atoms with E-state index in [1.54, 1.807) is 43.3 Å². The van der Waals surface area contributed by atoms with E-state index in [9.17, 15) is 13.2 Å². The summed E-state index contributed by atoms with van der Waals surface area (Å²) >= 11 is 0. The van der Waals surface area contributed by atoms with E-state index >= 15 is 0 Å². The molecule has 0 aromatic heterocycles. The Labute approximate surface area is 184 Å². The largest absolute Gasteiger partial charge is 0.494 e. The zero-order chi connectivity index (χ0) is 22.9. The summed E-state index contributed by atoms with van der Waals surface area (Å²) < 4.78 is 42.8. The molecule has 0 saturated heterocycles. The molecule has 0 saturated carbocycles. The molecule has 0 heterocycles. The van der Waals surface area contributed by atoms with Crippen LogP contribution >= 0.6 is 0 Å². The van der Waals surface area contributed by atoms with E-state index in [2.05, 4.69) is 10.0 Å². The number of hydrogen-bond donors (Lipinski definition) is 2. The van der Waals surface area contributed by atoms with Crippen molar-refractivity contribution in [1.82, 2.24) is 0 Å². The Hall–Kier alpha value is -2.94. The van der Waals surface area contributed by atoms with E-state index in [-0.39, 0.29) is 11.7 Å². The van der Waals surface area contributed by atoms with Crippen molar-refractivity contribution < 1.29 is 27.4 Å². The van der Waals surface area contributed by atoms with Crippen molar-refractivity contribution in [3.8, 4) is 17.2 Å². The molecule has 2 aromatic carbocycles. The van der Waals surface area contributed by atoms with Crippen molar-refractivity contribution in [1.29, 1.82) is 0 Å². The number of hydrogen-bond acceptors (Lipinski definition) is 6. The van der Waals surface area contributed by atoms with Gasteiger partial charge in [0.05, 0.1) is 31.8 Å². The highest BCUT2D eigenvalue weighted by molar-refractivity contribution is 7.92. The van der Waals surface area contributed by atoms with Gasteiger partial charge in [-0.25, -0.2) is 8.42 Å². The summed E-state index contributed by atoms with van der Waals surface area (Å²) in [4.78, 5) is 12.8. The van der Waals surface area contributed by atoms with E-state index in [4.69, 9.17) is 14.2 Å². The first kappa shape index (κ1) is 24.3. The fraction of sp³-hybridized carbons (Fsp3) is 0.409. The third kappa shape index (κ3) is 7.06. The lowest BCUT2D eigenvalue weighted by molar-refractivity contribution is 0.102. The minimum absolute atomic E-state index is 0.0605. The summed E-state index contributed by atoms with van der Waals surface area (Å²) in [6, 6.07) is 9.73. The first-order valence-corrected chi connectivity index (χ1v) is 11.9. The Morgan fingerprint density at radius 3 is 2.19 bits per heavy atom. The summed E-state index contributed by atoms with van der Waals surface area (Å²) in [6.07, 6.45) is 1.69. The quantitative estimate of drug-likeness (QED) is 0.500. The van der Waals surface area contributed by atoms with Crippen molar-refractivity contribution in [2.75, 3.05) is 36.1 Å². The molecular weight excluding hydrogens is 420 g/mol. The molecule has 0 aliphatic carbocycles. The zero-order valence-corrected chi connectivity index (χ0v) is 19.2. The monoisotopic (exact) mass is 450 g/mol. The van der Waals surface area contributed by atoms with E-state index in [0.29, 0.717) is 47.4 Å². The average molecular weight is 451 g/mol. The molecule has 1 amide bonds. The summed E-state index contributed by atoms with van der Waals surface area (Å²) in [6.45, 7) is 6.63. The van der Waals surface area contributed by atoms with Crippen LogP contribution in [0.4, 0.5) is 11.4 Å². The lowest BCUT2D eigenvalue weighted by Gasteiger charge is -2.15. The highest BCUT2D eigenvalue weighted by Gasteiger charge is 2.15. The predicted molar refractivity (Wildman–Crippen MR) is 122 cm³/mol. The number of ether oxygens (including phenoxy) is 3. The maximum absolute atomic E-state index is 12.8. The highest BCUT2D eigenvalue weighted by atomic mass is 32.2. The van der Waals surface area contributed by atoms with Gasteiger partial charge in [0.15, 0.2) is 11.5 Å². The number of methoxy groups -OCH3 is 1. The number of carbonyl (C=O) groups excluding carboxylic acids is 1. The number of benzene rings is 2. The number of carbonyl (C=O) groups is 1. The molecule has 0 radical (unpaired) electrons. The SMILES string of the molecule is CCCOc1ccc(C(=O)Nc2ccc(NS(=O)(=O)CC)c(OC)c2)cc1OCCC. The van der Waals surface area contributed by atoms with Crippen LogP contribution in [-0.4, -0.2) is 40.4 Å². The van der Waals surface area contributed by atoms with Crippen molar-refractivity contribution in [3.05, 3.63) is 42.0 Å². The lowest BCUT2D eigenvalue weighted by atomic mass is 10.1. The smallest absolute Gasteiger partial charge is 0.255 e. The molecule has 0 aliphatic rings. The number of sulfonamides is 1. The van der Waals surface area contributed by atoms with E-state index in [0.717, 1.165) is 12.8 Å². The van der Waals surface area contributed by atoms with Crippen LogP contribution in [0.15, 0.2) is 36.4 Å². The van der Waals surface area contributed by atoms with Gasteiger partial charge < -0.3 is 19.5 Å². The van der Waals surface area contributed by atoms with Gasteiger partial charge in [0.25, 0.3) is 5.91 Å². The van der Waals surface area contributed by atoms with Crippen LogP contribution in [0.2, 0.25) is 0 Å². The second-order valence-corrected chi connectivity index (χ2v) is 8.74. The van der Waals surface area contributed by atoms with Crippen LogP contribution in [0.1, 0.15) is 44.0 Å². The first-order chi connectivity index (χ1) is 14.8. The fourth-order valence-electron chi connectivity index (χ4n) is 2.60. The third-order valence-electron chi connectivity index (χ3n) is 4.23. The third-order valence-corrected chi connectivity index (χ3v) is 5.53. The topological polar surface area (TPSA) is 103 Å². The van der Waals surface area contributed by atoms with Crippen molar-refractivity contribution >= 4 is 27.3 Å². The van der Waals surface area contributed by atoms with Gasteiger partial charge in [-0.1, -0.05) is 13.8 Å². The molecular formula is C22H30N2O6S. The molecule has 31 heavy (non-hydrogen) atoms. The fourth-order valence-corrected chi connectivity index (χ4v) is 3.25. The van der Waals surface area contributed by atoms with Crippen LogP contribution in [0.25, 0.3) is 0 Å². The van der Waals surface area contributed by atoms with Gasteiger partial charge in [-0.15, -0.1) is 0 Å². The van der Waals surface area contributed by atoms with Crippen molar-refractivity contribution in [2.45, 2.75) is 33.6 Å².